The van der Waals surface area contributed by atoms with Crippen LogP contribution in [0.2, 0.25) is 0 Å². The minimum Gasteiger partial charge on any atom is -0.493 e. The quantitative estimate of drug-likeness (QED) is 0.796. The Morgan fingerprint density at radius 3 is 3.05 bits per heavy atom. The molecule has 1 heterocycles. The van der Waals surface area contributed by atoms with Crippen LogP contribution in [0.1, 0.15) is 48.5 Å². The smallest absolute Gasteiger partial charge is 0.176 e. The van der Waals surface area contributed by atoms with Crippen LogP contribution in [0.15, 0.2) is 18.2 Å². The summed E-state index contributed by atoms with van der Waals surface area (Å²) in [5.74, 6) is 1.96. The van der Waals surface area contributed by atoms with E-state index in [0.29, 0.717) is 12.6 Å². The van der Waals surface area contributed by atoms with Crippen molar-refractivity contribution in [3.63, 3.8) is 0 Å². The van der Waals surface area contributed by atoms with Gasteiger partial charge in [-0.05, 0) is 49.6 Å². The van der Waals surface area contributed by atoms with Gasteiger partial charge in [0.25, 0.3) is 0 Å². The van der Waals surface area contributed by atoms with Crippen LogP contribution < -0.4 is 4.74 Å². The molecule has 3 nitrogen and oxygen atoms in total. The molecule has 21 heavy (non-hydrogen) atoms. The maximum Gasteiger partial charge on any atom is 0.176 e. The van der Waals surface area contributed by atoms with Gasteiger partial charge in [0, 0.05) is 18.0 Å². The van der Waals surface area contributed by atoms with Gasteiger partial charge in [-0.3, -0.25) is 9.69 Å². The number of hydrogen-bond donors (Lipinski definition) is 0. The highest BCUT2D eigenvalue weighted by atomic mass is 16.5. The van der Waals surface area contributed by atoms with Gasteiger partial charge < -0.3 is 4.74 Å². The van der Waals surface area contributed by atoms with Crippen molar-refractivity contribution in [3.05, 3.63) is 29.3 Å². The first-order valence-corrected chi connectivity index (χ1v) is 8.12. The van der Waals surface area contributed by atoms with Crippen molar-refractivity contribution in [2.45, 2.75) is 45.1 Å². The standard InChI is InChI=1S/C18H25NO2/c1-13-4-3-5-16(10-13)19(2)12-17(20)14-6-7-18-15(11-14)8-9-21-18/h6-7,11,13,16H,3-5,8-10,12H2,1-2H3. The number of Topliss-reactive ketones (excluding diaryl/α,β-unsaturated/α-hetero) is 1. The van der Waals surface area contributed by atoms with Crippen LogP contribution in [0.5, 0.6) is 5.75 Å². The van der Waals surface area contributed by atoms with Crippen LogP contribution in [0, 0.1) is 5.92 Å². The lowest BCUT2D eigenvalue weighted by Gasteiger charge is -2.33. The van der Waals surface area contributed by atoms with Crippen molar-refractivity contribution < 1.29 is 9.53 Å². The van der Waals surface area contributed by atoms with Crippen molar-refractivity contribution in [1.82, 2.24) is 4.90 Å². The number of nitrogens with zero attached hydrogens (tertiary/aromatic N) is 1. The maximum absolute atomic E-state index is 12.5. The molecule has 2 atom stereocenters. The molecular formula is C18H25NO2. The second-order valence-electron chi connectivity index (χ2n) is 6.68. The zero-order valence-corrected chi connectivity index (χ0v) is 13.1. The molecule has 1 aromatic rings. The summed E-state index contributed by atoms with van der Waals surface area (Å²) < 4.78 is 5.50. The molecule has 3 rings (SSSR count). The normalized spacial score (nSPS) is 24.7. The average Bonchev–Trinajstić information content (AvgIpc) is 2.94. The van der Waals surface area contributed by atoms with Gasteiger partial charge in [-0.1, -0.05) is 19.8 Å². The Balaban J connectivity index is 1.63. The molecule has 0 N–H and O–H groups in total. The highest BCUT2D eigenvalue weighted by molar-refractivity contribution is 5.98. The topological polar surface area (TPSA) is 29.5 Å². The predicted octanol–water partition coefficient (Wildman–Crippen LogP) is 3.31. The molecule has 0 amide bonds. The van der Waals surface area contributed by atoms with Crippen LogP contribution >= 0.6 is 0 Å². The number of likely N-dealkylation sites (N-methyl/N-ethyl adjacent to an activating group) is 1. The third-order valence-electron chi connectivity index (χ3n) is 4.94. The third kappa shape index (κ3) is 3.29. The number of rotatable bonds is 4. The molecule has 0 saturated heterocycles. The molecule has 0 aromatic heterocycles. The lowest BCUT2D eigenvalue weighted by Crippen LogP contribution is -2.38. The van der Waals surface area contributed by atoms with Crippen molar-refractivity contribution in [2.75, 3.05) is 20.2 Å². The number of ketones is 1. The van der Waals surface area contributed by atoms with Gasteiger partial charge in [0.2, 0.25) is 0 Å². The highest BCUT2D eigenvalue weighted by Gasteiger charge is 2.24. The molecule has 1 aliphatic heterocycles. The van der Waals surface area contributed by atoms with E-state index in [9.17, 15) is 4.79 Å². The fraction of sp³-hybridized carbons (Fsp3) is 0.611. The molecule has 1 fully saturated rings. The Bertz CT molecular complexity index is 526. The minimum absolute atomic E-state index is 0.227. The summed E-state index contributed by atoms with van der Waals surface area (Å²) >= 11 is 0. The van der Waals surface area contributed by atoms with Gasteiger partial charge in [-0.25, -0.2) is 0 Å². The SMILES string of the molecule is CC1CCCC(N(C)CC(=O)c2ccc3c(c2)CCO3)C1. The molecule has 1 saturated carbocycles. The molecule has 3 heteroatoms. The van der Waals surface area contributed by atoms with E-state index >= 15 is 0 Å². The Labute approximate surface area is 127 Å². The van der Waals surface area contributed by atoms with Crippen LogP contribution in [-0.2, 0) is 6.42 Å². The van der Waals surface area contributed by atoms with E-state index in [2.05, 4.69) is 18.9 Å². The largest absolute Gasteiger partial charge is 0.493 e. The van der Waals surface area contributed by atoms with Crippen molar-refractivity contribution in [3.8, 4) is 5.75 Å². The summed E-state index contributed by atoms with van der Waals surface area (Å²) in [7, 11) is 2.09. The summed E-state index contributed by atoms with van der Waals surface area (Å²) in [5, 5.41) is 0. The average molecular weight is 287 g/mol. The number of hydrogen-bond acceptors (Lipinski definition) is 3. The number of carbonyl (C=O) groups is 1. The van der Waals surface area contributed by atoms with Crippen LogP contribution in [0.3, 0.4) is 0 Å². The molecule has 0 spiro atoms. The molecule has 0 radical (unpaired) electrons. The minimum atomic E-state index is 0.227. The van der Waals surface area contributed by atoms with Crippen molar-refractivity contribution in [2.24, 2.45) is 5.92 Å². The fourth-order valence-corrected chi connectivity index (χ4v) is 3.61. The first-order valence-electron chi connectivity index (χ1n) is 8.12. The Morgan fingerprint density at radius 1 is 1.38 bits per heavy atom. The van der Waals surface area contributed by atoms with E-state index in [1.807, 2.05) is 18.2 Å². The summed E-state index contributed by atoms with van der Waals surface area (Å²) in [4.78, 5) is 14.7. The maximum atomic E-state index is 12.5. The summed E-state index contributed by atoms with van der Waals surface area (Å²) in [6, 6.07) is 6.43. The molecule has 0 bridgehead atoms. The molecular weight excluding hydrogens is 262 g/mol. The van der Waals surface area contributed by atoms with Crippen molar-refractivity contribution in [1.29, 1.82) is 0 Å². The van der Waals surface area contributed by atoms with Gasteiger partial charge in [-0.2, -0.15) is 0 Å². The second kappa shape index (κ2) is 6.18. The van der Waals surface area contributed by atoms with E-state index in [4.69, 9.17) is 4.74 Å². The summed E-state index contributed by atoms with van der Waals surface area (Å²) in [6.45, 7) is 3.59. The van der Waals surface area contributed by atoms with Crippen LogP contribution in [0.4, 0.5) is 0 Å². The fourth-order valence-electron chi connectivity index (χ4n) is 3.61. The Kier molecular flexibility index (Phi) is 4.29. The Hall–Kier alpha value is -1.35. The lowest BCUT2D eigenvalue weighted by molar-refractivity contribution is 0.0882. The first kappa shape index (κ1) is 14.6. The van der Waals surface area contributed by atoms with Gasteiger partial charge in [-0.15, -0.1) is 0 Å². The summed E-state index contributed by atoms with van der Waals surface area (Å²) in [6.07, 6.45) is 6.00. The molecule has 1 aromatic carbocycles. The number of ether oxygens (including phenoxy) is 1. The van der Waals surface area contributed by atoms with Crippen LogP contribution in [0.25, 0.3) is 0 Å². The van der Waals surface area contributed by atoms with Gasteiger partial charge in [0.15, 0.2) is 5.78 Å². The van der Waals surface area contributed by atoms with E-state index < -0.39 is 0 Å². The highest BCUT2D eigenvalue weighted by Crippen LogP contribution is 2.28. The van der Waals surface area contributed by atoms with E-state index in [1.165, 1.54) is 31.2 Å². The van der Waals surface area contributed by atoms with Gasteiger partial charge in [0.05, 0.1) is 13.2 Å². The van der Waals surface area contributed by atoms with E-state index in [1.54, 1.807) is 0 Å². The molecule has 1 aliphatic carbocycles. The second-order valence-corrected chi connectivity index (χ2v) is 6.68. The zero-order valence-electron chi connectivity index (χ0n) is 13.1. The van der Waals surface area contributed by atoms with Gasteiger partial charge >= 0.3 is 0 Å². The van der Waals surface area contributed by atoms with Crippen LogP contribution in [-0.4, -0.2) is 36.9 Å². The number of fused-ring (bicyclic) bond motifs is 1. The zero-order chi connectivity index (χ0) is 14.8. The Morgan fingerprint density at radius 2 is 2.24 bits per heavy atom. The van der Waals surface area contributed by atoms with Crippen molar-refractivity contribution >= 4 is 5.78 Å². The number of carbonyl (C=O) groups excluding carboxylic acids is 1. The number of benzene rings is 1. The predicted molar refractivity (Wildman–Crippen MR) is 84.0 cm³/mol. The van der Waals surface area contributed by atoms with Gasteiger partial charge in [0.1, 0.15) is 5.75 Å². The first-order chi connectivity index (χ1) is 10.1. The lowest BCUT2D eigenvalue weighted by atomic mass is 9.86. The molecule has 2 aliphatic rings. The van der Waals surface area contributed by atoms with E-state index in [0.717, 1.165) is 30.3 Å². The third-order valence-corrected chi connectivity index (χ3v) is 4.94. The monoisotopic (exact) mass is 287 g/mol. The van der Waals surface area contributed by atoms with E-state index in [-0.39, 0.29) is 5.78 Å². The molecule has 2 unspecified atom stereocenters. The summed E-state index contributed by atoms with van der Waals surface area (Å²) in [5.41, 5.74) is 2.00. The molecule has 114 valence electrons.